The van der Waals surface area contributed by atoms with Gasteiger partial charge in [-0.15, -0.1) is 0 Å². The molecule has 0 amide bonds. The summed E-state index contributed by atoms with van der Waals surface area (Å²) in [6, 6.07) is 19.9. The number of aryl methyl sites for hydroxylation is 1. The Morgan fingerprint density at radius 2 is 1.36 bits per heavy atom. The molecule has 4 aromatic rings. The molecule has 0 aromatic heterocycles. The molecule has 10 heteroatoms. The van der Waals surface area contributed by atoms with Crippen LogP contribution in [-0.4, -0.2) is 9.52 Å². The predicted octanol–water partition coefficient (Wildman–Crippen LogP) is 9.07. The first-order chi connectivity index (χ1) is 20.4. The number of hydrogen-bond donors (Lipinski definition) is 0. The maximum absolute atomic E-state index is 13.9. The number of allylic oxidation sites excluding steroid dienone is 1. The molecule has 1 heterocycles. The van der Waals surface area contributed by atoms with E-state index in [1.807, 2.05) is 57.2 Å². The second-order valence-electron chi connectivity index (χ2n) is 12.6. The standard InChI is InChI=1S/C22H19F6.C12H9Si.2ClH.Zr/c1-12-5-6-13-7-15(20(2,3)4)11-18(13)19(12)14-8-16(21(23,24)25)10-17(9-14)22(26,27)28;1-3-7-11-9(5-1)10-6-2-4-8-12(10)13-11;;;/h5-11H,1-4H3;1-7H,13H2;2*1H;/q;;;;+2/p-2. The van der Waals surface area contributed by atoms with Gasteiger partial charge in [-0.1, -0.05) is 0 Å². The molecule has 1 aliphatic heterocycles. The molecule has 0 nitrogen and oxygen atoms in total. The monoisotopic (exact) mass is 738 g/mol. The molecule has 228 valence electrons. The molecule has 4 aromatic carbocycles. The van der Waals surface area contributed by atoms with Crippen LogP contribution in [-0.2, 0) is 30.2 Å². The van der Waals surface area contributed by atoms with Crippen LogP contribution in [0.4, 0.5) is 26.3 Å². The second-order valence-corrected chi connectivity index (χ2v) is 28.5. The van der Waals surface area contributed by atoms with Crippen LogP contribution in [0.2, 0.25) is 0 Å². The molecule has 0 fully saturated rings. The SMILES string of the molecule is Cc1ccc2c(c1-c1cc(C(F)(F)F)cc(C(F)(F)F)c1)C=C(C(C)(C)C)[CH]2[Zr]([Cl])([Cl])[c]1cccc2c1[SiH2]c1ccccc1-2. The van der Waals surface area contributed by atoms with Gasteiger partial charge in [0.2, 0.25) is 0 Å². The van der Waals surface area contributed by atoms with E-state index in [1.54, 1.807) is 13.0 Å². The van der Waals surface area contributed by atoms with Crippen LogP contribution in [0.15, 0.2) is 78.4 Å². The average molecular weight is 741 g/mol. The minimum atomic E-state index is -4.95. The summed E-state index contributed by atoms with van der Waals surface area (Å²) in [4.78, 5) is 0. The van der Waals surface area contributed by atoms with E-state index in [4.69, 9.17) is 17.0 Å². The third-order valence-corrected chi connectivity index (χ3v) is 22.9. The molecule has 0 saturated heterocycles. The Bertz CT molecular complexity index is 1820. The Hall–Kier alpha value is -2.12. The summed E-state index contributed by atoms with van der Waals surface area (Å²) in [6.45, 7) is 7.80. The molecule has 2 aliphatic rings. The molecule has 44 heavy (non-hydrogen) atoms. The van der Waals surface area contributed by atoms with Crippen molar-refractivity contribution in [2.24, 2.45) is 5.41 Å². The van der Waals surface area contributed by atoms with Crippen molar-refractivity contribution in [2.75, 3.05) is 0 Å². The van der Waals surface area contributed by atoms with Crippen LogP contribution < -0.4 is 13.6 Å². The van der Waals surface area contributed by atoms with Crippen LogP contribution in [0, 0.1) is 12.3 Å². The van der Waals surface area contributed by atoms with Crippen molar-refractivity contribution in [3.8, 4) is 22.3 Å². The van der Waals surface area contributed by atoms with Crippen LogP contribution in [0.3, 0.4) is 0 Å². The van der Waals surface area contributed by atoms with E-state index in [0.717, 1.165) is 32.1 Å². The van der Waals surface area contributed by atoms with Gasteiger partial charge in [-0.25, -0.2) is 0 Å². The second kappa shape index (κ2) is 10.7. The number of alkyl halides is 6. The molecule has 1 aliphatic carbocycles. The molecule has 0 bridgehead atoms. The van der Waals surface area contributed by atoms with E-state index in [9.17, 15) is 26.3 Å². The molecular weight excluding hydrogens is 713 g/mol. The zero-order chi connectivity index (χ0) is 32.0. The van der Waals surface area contributed by atoms with Crippen molar-refractivity contribution in [1.29, 1.82) is 0 Å². The van der Waals surface area contributed by atoms with Crippen LogP contribution in [0.25, 0.3) is 28.3 Å². The van der Waals surface area contributed by atoms with Crippen molar-refractivity contribution in [3.63, 3.8) is 0 Å². The first-order valence-corrected chi connectivity index (χ1v) is 24.5. The molecule has 0 spiro atoms. The van der Waals surface area contributed by atoms with E-state index in [-0.39, 0.29) is 15.3 Å². The van der Waals surface area contributed by atoms with Gasteiger partial charge in [0, 0.05) is 0 Å². The number of fused-ring (bicyclic) bond motifs is 4. The zero-order valence-electron chi connectivity index (χ0n) is 24.3. The van der Waals surface area contributed by atoms with E-state index < -0.39 is 56.3 Å². The van der Waals surface area contributed by atoms with Gasteiger partial charge in [-0.3, -0.25) is 0 Å². The molecule has 0 radical (unpaired) electrons. The van der Waals surface area contributed by atoms with Crippen molar-refractivity contribution in [2.45, 2.75) is 43.7 Å². The maximum atomic E-state index is 13.9. The number of hydrogen-bond acceptors (Lipinski definition) is 0. The van der Waals surface area contributed by atoms with Crippen molar-refractivity contribution in [1.82, 2.24) is 0 Å². The van der Waals surface area contributed by atoms with Gasteiger partial charge in [-0.05, 0) is 0 Å². The Morgan fingerprint density at radius 3 is 1.98 bits per heavy atom. The molecular formula is C34H28Cl2F6SiZr. The summed E-state index contributed by atoms with van der Waals surface area (Å²) >= 11 is -4.45. The topological polar surface area (TPSA) is 0 Å². The van der Waals surface area contributed by atoms with E-state index >= 15 is 0 Å². The van der Waals surface area contributed by atoms with Crippen LogP contribution >= 0.6 is 17.0 Å². The fourth-order valence-corrected chi connectivity index (χ4v) is 23.8. The third kappa shape index (κ3) is 5.38. The van der Waals surface area contributed by atoms with Gasteiger partial charge in [0.05, 0.1) is 0 Å². The quantitative estimate of drug-likeness (QED) is 0.128. The number of benzene rings is 4. The van der Waals surface area contributed by atoms with Gasteiger partial charge in [-0.2, -0.15) is 0 Å². The molecule has 6 rings (SSSR count). The van der Waals surface area contributed by atoms with Gasteiger partial charge in [0.15, 0.2) is 0 Å². The van der Waals surface area contributed by atoms with Gasteiger partial charge >= 0.3 is 268 Å². The van der Waals surface area contributed by atoms with E-state index in [1.165, 1.54) is 15.9 Å². The van der Waals surface area contributed by atoms with Gasteiger partial charge < -0.3 is 0 Å². The molecule has 0 N–H and O–H groups in total. The fraction of sp³-hybridized carbons (Fsp3) is 0.235. The summed E-state index contributed by atoms with van der Waals surface area (Å²) in [5.41, 5.74) is 2.28. The van der Waals surface area contributed by atoms with Crippen molar-refractivity contribution in [3.05, 3.63) is 106 Å². The van der Waals surface area contributed by atoms with Crippen molar-refractivity contribution < 1.29 is 44.2 Å². The normalized spacial score (nSPS) is 17.0. The first-order valence-electron chi connectivity index (χ1n) is 14.1. The Morgan fingerprint density at radius 1 is 0.750 bits per heavy atom. The Balaban J connectivity index is 1.58. The van der Waals surface area contributed by atoms with Crippen LogP contribution in [0.1, 0.15) is 52.2 Å². The summed E-state index contributed by atoms with van der Waals surface area (Å²) < 4.78 is 83.7. The Kier molecular flexibility index (Phi) is 7.76. The zero-order valence-corrected chi connectivity index (χ0v) is 29.7. The molecule has 1 atom stereocenters. The molecule has 1 unspecified atom stereocenters. The minimum absolute atomic E-state index is 0.139. The summed E-state index contributed by atoms with van der Waals surface area (Å²) in [5, 5.41) is 2.56. The Labute approximate surface area is 266 Å². The average Bonchev–Trinajstić information content (AvgIpc) is 3.51. The predicted molar refractivity (Wildman–Crippen MR) is 168 cm³/mol. The third-order valence-electron chi connectivity index (χ3n) is 8.72. The number of rotatable bonds is 3. The van der Waals surface area contributed by atoms with Crippen LogP contribution in [0.5, 0.6) is 0 Å². The van der Waals surface area contributed by atoms with Gasteiger partial charge in [0.1, 0.15) is 0 Å². The summed E-state index contributed by atoms with van der Waals surface area (Å²) in [6.07, 6.45) is -7.99. The summed E-state index contributed by atoms with van der Waals surface area (Å²) in [5.74, 6) is 0. The first kappa shape index (κ1) is 31.8. The number of halogens is 8. The molecule has 0 saturated carbocycles. The van der Waals surface area contributed by atoms with E-state index in [2.05, 4.69) is 18.2 Å². The summed E-state index contributed by atoms with van der Waals surface area (Å²) in [7, 11) is 14.5. The van der Waals surface area contributed by atoms with E-state index in [0.29, 0.717) is 16.7 Å². The van der Waals surface area contributed by atoms with Gasteiger partial charge in [0.25, 0.3) is 0 Å². The fourth-order valence-electron chi connectivity index (χ4n) is 6.71. The van der Waals surface area contributed by atoms with Crippen molar-refractivity contribution >= 4 is 46.3 Å².